The van der Waals surface area contributed by atoms with E-state index >= 15 is 0 Å². The van der Waals surface area contributed by atoms with E-state index in [9.17, 15) is 4.79 Å². The number of amides is 1. The van der Waals surface area contributed by atoms with Gasteiger partial charge in [-0.25, -0.2) is 4.99 Å². The van der Waals surface area contributed by atoms with Crippen molar-refractivity contribution in [1.29, 1.82) is 0 Å². The minimum absolute atomic E-state index is 0.101. The zero-order chi connectivity index (χ0) is 20.4. The SMILES string of the molecule is COc1ccc(N=C2SC(=Cc3ccc(-c4ccc(C)cc4)o3)C(=O)N2C)cc1. The van der Waals surface area contributed by atoms with Crippen LogP contribution >= 0.6 is 11.8 Å². The number of thioether (sulfide) groups is 1. The maximum absolute atomic E-state index is 12.6. The van der Waals surface area contributed by atoms with Crippen LogP contribution in [0.2, 0.25) is 0 Å². The van der Waals surface area contributed by atoms with Gasteiger partial charge in [-0.05, 0) is 55.1 Å². The summed E-state index contributed by atoms with van der Waals surface area (Å²) in [6.45, 7) is 2.05. The number of ether oxygens (including phenoxy) is 1. The number of aryl methyl sites for hydroxylation is 1. The summed E-state index contributed by atoms with van der Waals surface area (Å²) in [4.78, 5) is 19.3. The molecular weight excluding hydrogens is 384 g/mol. The van der Waals surface area contributed by atoms with Gasteiger partial charge in [-0.1, -0.05) is 29.8 Å². The maximum Gasteiger partial charge on any atom is 0.266 e. The van der Waals surface area contributed by atoms with Crippen LogP contribution in [0.3, 0.4) is 0 Å². The van der Waals surface area contributed by atoms with E-state index in [0.717, 1.165) is 22.8 Å². The van der Waals surface area contributed by atoms with Gasteiger partial charge in [0.1, 0.15) is 17.3 Å². The van der Waals surface area contributed by atoms with Gasteiger partial charge >= 0.3 is 0 Å². The Balaban J connectivity index is 1.56. The van der Waals surface area contributed by atoms with E-state index < -0.39 is 0 Å². The predicted octanol–water partition coefficient (Wildman–Crippen LogP) is 5.50. The number of likely N-dealkylation sites (N-methyl/N-ethyl adjacent to an activating group) is 1. The normalized spacial score (nSPS) is 16.8. The van der Waals surface area contributed by atoms with Crippen LogP contribution in [-0.2, 0) is 4.79 Å². The number of aliphatic imine (C=N–C) groups is 1. The third kappa shape index (κ3) is 4.12. The largest absolute Gasteiger partial charge is 0.497 e. The fraction of sp³-hybridized carbons (Fsp3) is 0.130. The number of hydrogen-bond donors (Lipinski definition) is 0. The molecule has 6 heteroatoms. The Kier molecular flexibility index (Phi) is 5.27. The second kappa shape index (κ2) is 8.01. The minimum Gasteiger partial charge on any atom is -0.497 e. The van der Waals surface area contributed by atoms with Gasteiger partial charge in [0.25, 0.3) is 5.91 Å². The van der Waals surface area contributed by atoms with Crippen molar-refractivity contribution in [1.82, 2.24) is 4.90 Å². The fourth-order valence-electron chi connectivity index (χ4n) is 2.85. The lowest BCUT2D eigenvalue weighted by Gasteiger charge is -2.07. The molecule has 1 aliphatic rings. The number of furan rings is 1. The third-order valence-corrected chi connectivity index (χ3v) is 5.60. The van der Waals surface area contributed by atoms with Gasteiger partial charge < -0.3 is 9.15 Å². The molecule has 1 amide bonds. The number of rotatable bonds is 4. The van der Waals surface area contributed by atoms with Crippen LogP contribution in [0.5, 0.6) is 5.75 Å². The highest BCUT2D eigenvalue weighted by atomic mass is 32.2. The van der Waals surface area contributed by atoms with Crippen molar-refractivity contribution >= 4 is 34.6 Å². The van der Waals surface area contributed by atoms with Crippen molar-refractivity contribution in [2.75, 3.05) is 14.2 Å². The first-order valence-corrected chi connectivity index (χ1v) is 9.92. The number of carbonyl (C=O) groups is 1. The van der Waals surface area contributed by atoms with E-state index in [1.165, 1.54) is 17.3 Å². The van der Waals surface area contributed by atoms with Crippen LogP contribution in [0.1, 0.15) is 11.3 Å². The van der Waals surface area contributed by atoms with Gasteiger partial charge in [0.05, 0.1) is 17.7 Å². The Hall–Kier alpha value is -3.25. The quantitative estimate of drug-likeness (QED) is 0.539. The maximum atomic E-state index is 12.6. The molecule has 146 valence electrons. The van der Waals surface area contributed by atoms with Crippen molar-refractivity contribution in [3.8, 4) is 17.1 Å². The topological polar surface area (TPSA) is 55.0 Å². The molecule has 1 aliphatic heterocycles. The summed E-state index contributed by atoms with van der Waals surface area (Å²) in [7, 11) is 3.34. The zero-order valence-corrected chi connectivity index (χ0v) is 17.2. The first-order valence-electron chi connectivity index (χ1n) is 9.11. The summed E-state index contributed by atoms with van der Waals surface area (Å²) in [5.74, 6) is 2.07. The van der Waals surface area contributed by atoms with Gasteiger partial charge in [0.15, 0.2) is 5.17 Å². The summed E-state index contributed by atoms with van der Waals surface area (Å²) in [6.07, 6.45) is 1.76. The van der Waals surface area contributed by atoms with Crippen molar-refractivity contribution in [2.24, 2.45) is 4.99 Å². The molecular formula is C23H20N2O3S. The van der Waals surface area contributed by atoms with E-state index in [1.54, 1.807) is 25.1 Å². The molecule has 1 aromatic heterocycles. The number of amidine groups is 1. The number of nitrogens with zero attached hydrogens (tertiary/aromatic N) is 2. The zero-order valence-electron chi connectivity index (χ0n) is 16.4. The van der Waals surface area contributed by atoms with Crippen molar-refractivity contribution in [3.05, 3.63) is 76.9 Å². The van der Waals surface area contributed by atoms with Crippen LogP contribution in [0, 0.1) is 6.92 Å². The van der Waals surface area contributed by atoms with Crippen LogP contribution in [0.15, 0.2) is 75.0 Å². The molecule has 0 bridgehead atoms. The lowest BCUT2D eigenvalue weighted by Crippen LogP contribution is -2.23. The summed E-state index contributed by atoms with van der Waals surface area (Å²) >= 11 is 1.33. The third-order valence-electron chi connectivity index (χ3n) is 4.54. The van der Waals surface area contributed by atoms with E-state index in [2.05, 4.69) is 4.99 Å². The average Bonchev–Trinajstić information content (AvgIpc) is 3.30. The van der Waals surface area contributed by atoms with E-state index in [-0.39, 0.29) is 5.91 Å². The fourth-order valence-corrected chi connectivity index (χ4v) is 3.82. The smallest absolute Gasteiger partial charge is 0.266 e. The molecule has 29 heavy (non-hydrogen) atoms. The van der Waals surface area contributed by atoms with Crippen LogP contribution in [0.4, 0.5) is 5.69 Å². The molecule has 5 nitrogen and oxygen atoms in total. The van der Waals surface area contributed by atoms with Crippen LogP contribution in [-0.4, -0.2) is 30.1 Å². The summed E-state index contributed by atoms with van der Waals surface area (Å²) < 4.78 is 11.1. The number of hydrogen-bond acceptors (Lipinski definition) is 5. The molecule has 0 saturated carbocycles. The number of carbonyl (C=O) groups excluding carboxylic acids is 1. The molecule has 2 heterocycles. The van der Waals surface area contributed by atoms with E-state index in [0.29, 0.717) is 15.8 Å². The van der Waals surface area contributed by atoms with Gasteiger partial charge in [-0.3, -0.25) is 9.69 Å². The lowest BCUT2D eigenvalue weighted by molar-refractivity contribution is -0.121. The highest BCUT2D eigenvalue weighted by molar-refractivity contribution is 8.18. The Morgan fingerprint density at radius 3 is 2.45 bits per heavy atom. The molecule has 0 unspecified atom stereocenters. The second-order valence-electron chi connectivity index (χ2n) is 6.64. The molecule has 0 N–H and O–H groups in total. The molecule has 2 aromatic carbocycles. The Bertz CT molecular complexity index is 1100. The molecule has 1 fully saturated rings. The highest BCUT2D eigenvalue weighted by Gasteiger charge is 2.30. The average molecular weight is 404 g/mol. The monoisotopic (exact) mass is 404 g/mol. The van der Waals surface area contributed by atoms with E-state index in [1.807, 2.05) is 67.6 Å². The Labute approximate surface area is 173 Å². The number of methoxy groups -OCH3 is 1. The lowest BCUT2D eigenvalue weighted by atomic mass is 10.1. The molecule has 4 rings (SSSR count). The molecule has 0 aliphatic carbocycles. The van der Waals surface area contributed by atoms with Gasteiger partial charge in [-0.15, -0.1) is 0 Å². The van der Waals surface area contributed by atoms with Crippen molar-refractivity contribution in [2.45, 2.75) is 6.92 Å². The van der Waals surface area contributed by atoms with Crippen LogP contribution < -0.4 is 4.74 Å². The Morgan fingerprint density at radius 1 is 1.03 bits per heavy atom. The summed E-state index contributed by atoms with van der Waals surface area (Å²) in [6, 6.07) is 19.3. The second-order valence-corrected chi connectivity index (χ2v) is 7.64. The van der Waals surface area contributed by atoms with E-state index in [4.69, 9.17) is 9.15 Å². The number of benzene rings is 2. The molecule has 0 spiro atoms. The first-order chi connectivity index (χ1) is 14.0. The Morgan fingerprint density at radius 2 is 1.76 bits per heavy atom. The van der Waals surface area contributed by atoms with Crippen molar-refractivity contribution in [3.63, 3.8) is 0 Å². The summed E-state index contributed by atoms with van der Waals surface area (Å²) in [5.41, 5.74) is 2.96. The standard InChI is InChI=1S/C23H20N2O3S/c1-15-4-6-16(7-5-15)20-13-12-19(28-20)14-21-22(26)25(2)23(29-21)24-17-8-10-18(27-3)11-9-17/h4-14H,1-3H3. The molecule has 3 aromatic rings. The molecule has 1 saturated heterocycles. The molecule has 0 atom stereocenters. The predicted molar refractivity (Wildman–Crippen MR) is 117 cm³/mol. The van der Waals surface area contributed by atoms with Crippen molar-refractivity contribution < 1.29 is 13.9 Å². The van der Waals surface area contributed by atoms with Gasteiger partial charge in [0, 0.05) is 18.7 Å². The summed E-state index contributed by atoms with van der Waals surface area (Å²) in [5, 5.41) is 0.622. The van der Waals surface area contributed by atoms with Crippen LogP contribution in [0.25, 0.3) is 17.4 Å². The van der Waals surface area contributed by atoms with Gasteiger partial charge in [0.2, 0.25) is 0 Å². The minimum atomic E-state index is -0.101. The van der Waals surface area contributed by atoms with Gasteiger partial charge in [-0.2, -0.15) is 0 Å². The first kappa shape index (κ1) is 19.1. The highest BCUT2D eigenvalue weighted by Crippen LogP contribution is 2.34. The molecule has 0 radical (unpaired) electrons.